The fourth-order valence-electron chi connectivity index (χ4n) is 4.11. The van der Waals surface area contributed by atoms with Crippen molar-refractivity contribution >= 4 is 52.2 Å². The second-order valence-corrected chi connectivity index (χ2v) is 9.40. The first kappa shape index (κ1) is 23.8. The van der Waals surface area contributed by atoms with Gasteiger partial charge < -0.3 is 5.32 Å². The van der Waals surface area contributed by atoms with Gasteiger partial charge in [0.25, 0.3) is 0 Å². The van der Waals surface area contributed by atoms with E-state index in [1.54, 1.807) is 42.5 Å². The van der Waals surface area contributed by atoms with Gasteiger partial charge in [0.05, 0.1) is 11.6 Å². The molecule has 0 unspecified atom stereocenters. The molecule has 4 rings (SSSR count). The minimum atomic E-state index is -0.213. The minimum Gasteiger partial charge on any atom is -0.325 e. The van der Waals surface area contributed by atoms with E-state index in [-0.39, 0.29) is 17.6 Å². The highest BCUT2D eigenvalue weighted by atomic mass is 35.5. The van der Waals surface area contributed by atoms with Crippen molar-refractivity contribution in [2.45, 2.75) is 19.4 Å². The van der Waals surface area contributed by atoms with E-state index in [0.29, 0.717) is 45.0 Å². The monoisotopic (exact) mass is 500 g/mol. The molecule has 1 saturated heterocycles. The number of likely N-dealkylation sites (tertiary alicyclic amines) is 1. The third kappa shape index (κ3) is 5.77. The van der Waals surface area contributed by atoms with Gasteiger partial charge in [0, 0.05) is 44.8 Å². The zero-order chi connectivity index (χ0) is 23.4. The van der Waals surface area contributed by atoms with Gasteiger partial charge >= 0.3 is 0 Å². The van der Waals surface area contributed by atoms with Crippen LogP contribution in [0.5, 0.6) is 0 Å². The van der Waals surface area contributed by atoms with Crippen molar-refractivity contribution in [2.75, 3.05) is 18.4 Å². The average Bonchev–Trinajstić information content (AvgIpc) is 2.83. The van der Waals surface area contributed by atoms with Crippen LogP contribution in [0.15, 0.2) is 66.7 Å². The smallest absolute Gasteiger partial charge is 0.228 e. The van der Waals surface area contributed by atoms with E-state index < -0.39 is 0 Å². The Morgan fingerprint density at radius 3 is 2.39 bits per heavy atom. The number of nitrogens with zero attached hydrogens (tertiary/aromatic N) is 1. The molecular weight excluding hydrogens is 479 g/mol. The molecule has 0 aliphatic carbocycles. The number of benzene rings is 3. The van der Waals surface area contributed by atoms with Gasteiger partial charge in [-0.2, -0.15) is 0 Å². The molecule has 1 aliphatic heterocycles. The maximum Gasteiger partial charge on any atom is 0.228 e. The summed E-state index contributed by atoms with van der Waals surface area (Å²) in [7, 11) is 0. The Morgan fingerprint density at radius 2 is 1.67 bits per heavy atom. The van der Waals surface area contributed by atoms with Gasteiger partial charge in [-0.25, -0.2) is 0 Å². The second-order valence-electron chi connectivity index (χ2n) is 8.15. The molecule has 3 aromatic carbocycles. The predicted octanol–water partition coefficient (Wildman–Crippen LogP) is 6.73. The molecule has 0 spiro atoms. The third-order valence-electron chi connectivity index (χ3n) is 5.84. The maximum absolute atomic E-state index is 13.2. The van der Waals surface area contributed by atoms with Crippen LogP contribution in [0.3, 0.4) is 0 Å². The minimum absolute atomic E-state index is 0.116. The highest BCUT2D eigenvalue weighted by Crippen LogP contribution is 2.29. The first-order chi connectivity index (χ1) is 15.9. The van der Waals surface area contributed by atoms with Crippen molar-refractivity contribution in [3.63, 3.8) is 0 Å². The van der Waals surface area contributed by atoms with E-state index in [4.69, 9.17) is 34.8 Å². The van der Waals surface area contributed by atoms with Crippen LogP contribution in [-0.4, -0.2) is 29.7 Å². The quantitative estimate of drug-likeness (QED) is 0.381. The highest BCUT2D eigenvalue weighted by molar-refractivity contribution is 6.36. The highest BCUT2D eigenvalue weighted by Gasteiger charge is 2.27. The molecule has 1 N–H and O–H groups in total. The molecule has 1 atom stereocenters. The molecule has 1 heterocycles. The number of rotatable bonds is 6. The molecule has 170 valence electrons. The third-order valence-corrected chi connectivity index (χ3v) is 6.78. The summed E-state index contributed by atoms with van der Waals surface area (Å²) in [4.78, 5) is 28.4. The Hall–Kier alpha value is -2.37. The van der Waals surface area contributed by atoms with E-state index in [2.05, 4.69) is 10.2 Å². The molecule has 1 fully saturated rings. The van der Waals surface area contributed by atoms with Crippen LogP contribution in [0, 0.1) is 5.92 Å². The number of hydrogen-bond donors (Lipinski definition) is 1. The van der Waals surface area contributed by atoms with Gasteiger partial charge in [-0.3, -0.25) is 14.5 Å². The van der Waals surface area contributed by atoms with Crippen molar-refractivity contribution in [2.24, 2.45) is 5.92 Å². The van der Waals surface area contributed by atoms with Crippen LogP contribution in [0.2, 0.25) is 15.1 Å². The number of ketones is 1. The van der Waals surface area contributed by atoms with Crippen molar-refractivity contribution in [1.82, 2.24) is 4.90 Å². The van der Waals surface area contributed by atoms with Crippen LogP contribution in [0.4, 0.5) is 5.69 Å². The zero-order valence-electron chi connectivity index (χ0n) is 17.9. The Morgan fingerprint density at radius 1 is 0.939 bits per heavy atom. The number of anilines is 1. The lowest BCUT2D eigenvalue weighted by molar-refractivity contribution is -0.121. The normalized spacial score (nSPS) is 16.4. The van der Waals surface area contributed by atoms with E-state index in [1.807, 2.05) is 24.3 Å². The predicted molar refractivity (Wildman–Crippen MR) is 134 cm³/mol. The molecule has 3 aromatic rings. The van der Waals surface area contributed by atoms with Crippen LogP contribution >= 0.6 is 34.8 Å². The summed E-state index contributed by atoms with van der Waals surface area (Å²) in [5.41, 5.74) is 2.24. The number of nitrogens with one attached hydrogen (secondary N) is 1. The molecule has 0 bridgehead atoms. The van der Waals surface area contributed by atoms with Gasteiger partial charge in [0.2, 0.25) is 5.91 Å². The molecular formula is C26H23Cl3N2O2. The fourth-order valence-corrected chi connectivity index (χ4v) is 4.80. The fraction of sp³-hybridized carbons (Fsp3) is 0.231. The molecule has 0 radical (unpaired) electrons. The summed E-state index contributed by atoms with van der Waals surface area (Å²) >= 11 is 18.8. The van der Waals surface area contributed by atoms with E-state index in [1.165, 1.54) is 0 Å². The largest absolute Gasteiger partial charge is 0.325 e. The van der Waals surface area contributed by atoms with Crippen LogP contribution in [0.1, 0.15) is 34.3 Å². The van der Waals surface area contributed by atoms with Gasteiger partial charge in [-0.1, -0.05) is 71.2 Å². The van der Waals surface area contributed by atoms with E-state index >= 15 is 0 Å². The summed E-state index contributed by atoms with van der Waals surface area (Å²) < 4.78 is 0. The van der Waals surface area contributed by atoms with Crippen molar-refractivity contribution < 1.29 is 9.59 Å². The lowest BCUT2D eigenvalue weighted by Crippen LogP contribution is -2.40. The van der Waals surface area contributed by atoms with Gasteiger partial charge in [0.1, 0.15) is 0 Å². The standard InChI is InChI=1S/C26H23Cl3N2O2/c27-19-11-12-24(20(14-19)25(32)17-6-2-1-3-7-17)30-26(33)18-8-5-13-31(15-18)16-21-22(28)9-4-10-23(21)29/h1-4,6-7,9-12,14,18H,5,8,13,15-16H2,(H,30,33)/t18-/m0/s1. The molecule has 1 aliphatic rings. The van der Waals surface area contributed by atoms with E-state index in [9.17, 15) is 9.59 Å². The first-order valence-electron chi connectivity index (χ1n) is 10.8. The second kappa shape index (κ2) is 10.7. The first-order valence-corrected chi connectivity index (χ1v) is 11.9. The average molecular weight is 502 g/mol. The SMILES string of the molecule is O=C(c1ccccc1)c1cc(Cl)ccc1NC(=O)[C@H]1CCCN(Cc2c(Cl)cccc2Cl)C1. The number of carbonyl (C=O) groups is 2. The Bertz CT molecular complexity index is 1150. The zero-order valence-corrected chi connectivity index (χ0v) is 20.1. The Balaban J connectivity index is 1.49. The number of hydrogen-bond acceptors (Lipinski definition) is 3. The van der Waals surface area contributed by atoms with Crippen molar-refractivity contribution in [1.29, 1.82) is 0 Å². The summed E-state index contributed by atoms with van der Waals surface area (Å²) in [6, 6.07) is 19.4. The summed E-state index contributed by atoms with van der Waals surface area (Å²) in [6.45, 7) is 2.04. The molecule has 7 heteroatoms. The van der Waals surface area contributed by atoms with Crippen LogP contribution in [-0.2, 0) is 11.3 Å². The Kier molecular flexibility index (Phi) is 7.71. The molecule has 4 nitrogen and oxygen atoms in total. The number of amides is 1. The van der Waals surface area contributed by atoms with Crippen molar-refractivity contribution in [3.05, 3.63) is 98.5 Å². The van der Waals surface area contributed by atoms with Gasteiger partial charge in [0.15, 0.2) is 5.78 Å². The Labute approximate surface area is 208 Å². The van der Waals surface area contributed by atoms with E-state index in [0.717, 1.165) is 24.9 Å². The summed E-state index contributed by atoms with van der Waals surface area (Å²) in [6.07, 6.45) is 1.66. The summed E-state index contributed by atoms with van der Waals surface area (Å²) in [5, 5.41) is 4.65. The van der Waals surface area contributed by atoms with Crippen LogP contribution < -0.4 is 5.32 Å². The van der Waals surface area contributed by atoms with Crippen molar-refractivity contribution in [3.8, 4) is 0 Å². The summed E-state index contributed by atoms with van der Waals surface area (Å²) in [5.74, 6) is -0.517. The number of carbonyl (C=O) groups excluding carboxylic acids is 2. The number of halogens is 3. The molecule has 0 saturated carbocycles. The lowest BCUT2D eigenvalue weighted by Gasteiger charge is -2.32. The van der Waals surface area contributed by atoms with Crippen LogP contribution in [0.25, 0.3) is 0 Å². The topological polar surface area (TPSA) is 49.4 Å². The van der Waals surface area contributed by atoms with Gasteiger partial charge in [-0.15, -0.1) is 0 Å². The molecule has 0 aromatic heterocycles. The molecule has 33 heavy (non-hydrogen) atoms. The number of piperidine rings is 1. The maximum atomic E-state index is 13.2. The lowest BCUT2D eigenvalue weighted by atomic mass is 9.96. The van der Waals surface area contributed by atoms with Gasteiger partial charge in [-0.05, 0) is 49.7 Å². The molecule has 1 amide bonds.